The maximum Gasteiger partial charge on any atom is 0.331 e. The van der Waals surface area contributed by atoms with Gasteiger partial charge >= 0.3 is 5.91 Å². The van der Waals surface area contributed by atoms with Gasteiger partial charge in [-0.3, -0.25) is 9.59 Å². The van der Waals surface area contributed by atoms with Crippen LogP contribution < -0.4 is 19.3 Å². The minimum Gasteiger partial charge on any atom is -0.858 e. The number of pyridine rings is 1. The SMILES string of the molecule is CCCc1nn(-c2ccc(F)cc2)c([O-])c1C1=C([n+]2cccc(C)c2)C(=O)N(c2ccc(OC)cc2)C1=O. The van der Waals surface area contributed by atoms with Crippen LogP contribution in [-0.2, 0) is 16.0 Å². The summed E-state index contributed by atoms with van der Waals surface area (Å²) in [6.45, 7) is 3.80. The van der Waals surface area contributed by atoms with E-state index in [1.54, 1.807) is 47.3 Å². The van der Waals surface area contributed by atoms with Crippen molar-refractivity contribution in [1.29, 1.82) is 0 Å². The Hall–Kier alpha value is -4.79. The zero-order valence-corrected chi connectivity index (χ0v) is 21.1. The van der Waals surface area contributed by atoms with Crippen molar-refractivity contribution in [2.75, 3.05) is 12.0 Å². The van der Waals surface area contributed by atoms with Gasteiger partial charge in [0, 0.05) is 17.2 Å². The third-order valence-electron chi connectivity index (χ3n) is 6.32. The normalized spacial score (nSPS) is 13.5. The van der Waals surface area contributed by atoms with E-state index in [2.05, 4.69) is 5.10 Å². The molecular weight excluding hydrogens is 487 g/mol. The minimum atomic E-state index is -0.628. The van der Waals surface area contributed by atoms with E-state index in [0.717, 1.165) is 15.1 Å². The molecule has 0 aliphatic carbocycles. The number of methoxy groups -OCH3 is 1. The summed E-state index contributed by atoms with van der Waals surface area (Å²) >= 11 is 0. The van der Waals surface area contributed by atoms with Gasteiger partial charge in [0.05, 0.1) is 24.2 Å². The summed E-state index contributed by atoms with van der Waals surface area (Å²) in [7, 11) is 1.52. The Morgan fingerprint density at radius 1 is 1.00 bits per heavy atom. The lowest BCUT2D eigenvalue weighted by Gasteiger charge is -2.16. The van der Waals surface area contributed by atoms with Gasteiger partial charge in [0.2, 0.25) is 0 Å². The van der Waals surface area contributed by atoms with Crippen LogP contribution in [0, 0.1) is 12.7 Å². The van der Waals surface area contributed by atoms with Crippen LogP contribution in [0.25, 0.3) is 17.0 Å². The highest BCUT2D eigenvalue weighted by molar-refractivity contribution is 6.53. The Morgan fingerprint density at radius 3 is 2.32 bits per heavy atom. The number of halogens is 1. The van der Waals surface area contributed by atoms with Gasteiger partial charge in [-0.15, -0.1) is 0 Å². The summed E-state index contributed by atoms with van der Waals surface area (Å²) in [5.41, 5.74) is 2.05. The van der Waals surface area contributed by atoms with Gasteiger partial charge in [-0.25, -0.2) is 14.0 Å². The average Bonchev–Trinajstić information content (AvgIpc) is 3.36. The van der Waals surface area contributed by atoms with E-state index in [9.17, 15) is 19.1 Å². The molecule has 0 spiro atoms. The number of benzene rings is 2. The topological polar surface area (TPSA) is 91.4 Å². The first-order valence-electron chi connectivity index (χ1n) is 12.1. The quantitative estimate of drug-likeness (QED) is 0.279. The number of nitrogens with zero attached hydrogens (tertiary/aromatic N) is 4. The molecule has 8 nitrogen and oxygen atoms in total. The number of ether oxygens (including phenoxy) is 1. The standard InChI is InChI=1S/C29H25FN4O4/c1-4-6-23-24(28(36)34(31-23)21-10-8-19(30)9-11-21)25-26(32-16-5-7-18(2)17-32)29(37)33(27(25)35)20-12-14-22(38-3)15-13-20/h5,7-17H,4,6H2,1-3H3. The van der Waals surface area contributed by atoms with Crippen LogP contribution >= 0.6 is 0 Å². The van der Waals surface area contributed by atoms with Crippen molar-refractivity contribution in [3.8, 4) is 17.3 Å². The number of hydrogen-bond acceptors (Lipinski definition) is 5. The smallest absolute Gasteiger partial charge is 0.331 e. The highest BCUT2D eigenvalue weighted by atomic mass is 19.1. The van der Waals surface area contributed by atoms with Gasteiger partial charge in [-0.1, -0.05) is 13.3 Å². The molecule has 0 N–H and O–H groups in total. The lowest BCUT2D eigenvalue weighted by molar-refractivity contribution is -0.577. The second-order valence-corrected chi connectivity index (χ2v) is 8.92. The predicted molar refractivity (Wildman–Crippen MR) is 137 cm³/mol. The number of aromatic nitrogens is 3. The molecule has 0 bridgehead atoms. The average molecular weight is 513 g/mol. The van der Waals surface area contributed by atoms with E-state index >= 15 is 0 Å². The van der Waals surface area contributed by atoms with Crippen LogP contribution in [0.15, 0.2) is 73.1 Å². The molecule has 4 aromatic rings. The number of amides is 2. The van der Waals surface area contributed by atoms with Crippen molar-refractivity contribution in [3.05, 3.63) is 95.7 Å². The van der Waals surface area contributed by atoms with E-state index in [1.165, 1.54) is 31.4 Å². The van der Waals surface area contributed by atoms with Crippen LogP contribution in [0.3, 0.4) is 0 Å². The first-order valence-corrected chi connectivity index (χ1v) is 12.1. The second-order valence-electron chi connectivity index (χ2n) is 8.92. The van der Waals surface area contributed by atoms with Gasteiger partial charge in [0.1, 0.15) is 17.1 Å². The van der Waals surface area contributed by atoms with E-state index in [1.807, 2.05) is 19.9 Å². The largest absolute Gasteiger partial charge is 0.858 e. The number of rotatable bonds is 7. The summed E-state index contributed by atoms with van der Waals surface area (Å²) in [5.74, 6) is -1.63. The van der Waals surface area contributed by atoms with Gasteiger partial charge in [-0.2, -0.15) is 9.67 Å². The maximum absolute atomic E-state index is 14.0. The van der Waals surface area contributed by atoms with E-state index in [-0.39, 0.29) is 16.8 Å². The summed E-state index contributed by atoms with van der Waals surface area (Å²) in [5, 5.41) is 18.3. The molecule has 2 aromatic heterocycles. The Labute approximate surface area is 218 Å². The highest BCUT2D eigenvalue weighted by Gasteiger charge is 2.47. The van der Waals surface area contributed by atoms with Gasteiger partial charge in [-0.05, 0) is 73.8 Å². The maximum atomic E-state index is 14.0. The first kappa shape index (κ1) is 24.9. The van der Waals surface area contributed by atoms with Crippen molar-refractivity contribution in [3.63, 3.8) is 0 Å². The number of imide groups is 1. The van der Waals surface area contributed by atoms with Crippen LogP contribution in [0.5, 0.6) is 11.6 Å². The molecule has 0 unspecified atom stereocenters. The molecular formula is C29H25FN4O4. The van der Waals surface area contributed by atoms with E-state index in [4.69, 9.17) is 4.74 Å². The lowest BCUT2D eigenvalue weighted by Crippen LogP contribution is -2.39. The molecule has 0 atom stereocenters. The fraction of sp³-hybridized carbons (Fsp3) is 0.172. The summed E-state index contributed by atoms with van der Waals surface area (Å²) < 4.78 is 21.5. The van der Waals surface area contributed by atoms with Crippen molar-refractivity contribution in [2.24, 2.45) is 0 Å². The molecule has 2 aromatic carbocycles. The number of anilines is 1. The van der Waals surface area contributed by atoms with Crippen LogP contribution in [0.2, 0.25) is 0 Å². The Balaban J connectivity index is 1.75. The molecule has 38 heavy (non-hydrogen) atoms. The molecule has 1 aliphatic rings. The van der Waals surface area contributed by atoms with Crippen molar-refractivity contribution in [2.45, 2.75) is 26.7 Å². The molecule has 5 rings (SSSR count). The van der Waals surface area contributed by atoms with Crippen molar-refractivity contribution in [1.82, 2.24) is 9.78 Å². The molecule has 0 saturated heterocycles. The lowest BCUT2D eigenvalue weighted by atomic mass is 10.0. The summed E-state index contributed by atoms with van der Waals surface area (Å²) in [6.07, 6.45) is 4.45. The molecule has 192 valence electrons. The molecule has 0 radical (unpaired) electrons. The third kappa shape index (κ3) is 4.21. The van der Waals surface area contributed by atoms with Gasteiger partial charge in [0.15, 0.2) is 12.4 Å². The summed E-state index contributed by atoms with van der Waals surface area (Å²) in [6, 6.07) is 15.5. The van der Waals surface area contributed by atoms with E-state index in [0.29, 0.717) is 35.7 Å². The highest BCUT2D eigenvalue weighted by Crippen LogP contribution is 2.39. The number of carbonyl (C=O) groups is 2. The molecule has 2 amide bonds. The molecule has 0 saturated carbocycles. The van der Waals surface area contributed by atoms with Crippen LogP contribution in [0.1, 0.15) is 30.2 Å². The predicted octanol–water partition coefficient (Wildman–Crippen LogP) is 3.58. The van der Waals surface area contributed by atoms with Crippen LogP contribution in [0.4, 0.5) is 10.1 Å². The number of aryl methyl sites for hydroxylation is 2. The molecule has 9 heteroatoms. The number of carbonyl (C=O) groups excluding carboxylic acids is 2. The van der Waals surface area contributed by atoms with E-state index < -0.39 is 23.5 Å². The zero-order chi connectivity index (χ0) is 27.0. The van der Waals surface area contributed by atoms with Gasteiger partial charge < -0.3 is 9.84 Å². The molecule has 1 aliphatic heterocycles. The Kier molecular flexibility index (Phi) is 6.50. The monoisotopic (exact) mass is 512 g/mol. The second kappa shape index (κ2) is 9.93. The molecule has 0 fully saturated rings. The molecule has 3 heterocycles. The zero-order valence-electron chi connectivity index (χ0n) is 21.1. The number of hydrogen-bond donors (Lipinski definition) is 0. The third-order valence-corrected chi connectivity index (χ3v) is 6.32. The fourth-order valence-corrected chi connectivity index (χ4v) is 4.55. The van der Waals surface area contributed by atoms with Crippen LogP contribution in [-0.4, -0.2) is 28.7 Å². The Morgan fingerprint density at radius 2 is 1.68 bits per heavy atom. The summed E-state index contributed by atoms with van der Waals surface area (Å²) in [4.78, 5) is 29.0. The minimum absolute atomic E-state index is 0.0248. The Bertz CT molecular complexity index is 1570. The first-order chi connectivity index (χ1) is 18.3. The van der Waals surface area contributed by atoms with Gasteiger partial charge in [0.25, 0.3) is 11.6 Å². The van der Waals surface area contributed by atoms with Crippen molar-refractivity contribution >= 4 is 28.8 Å². The van der Waals surface area contributed by atoms with Crippen molar-refractivity contribution < 1.29 is 28.4 Å². The fourth-order valence-electron chi connectivity index (χ4n) is 4.55.